The highest BCUT2D eigenvalue weighted by Crippen LogP contribution is 2.26. The molecule has 1 N–H and O–H groups in total. The van der Waals surface area contributed by atoms with Crippen LogP contribution in [0.15, 0.2) is 24.3 Å². The molecule has 0 spiro atoms. The van der Waals surface area contributed by atoms with E-state index >= 15 is 0 Å². The number of aromatic nitrogens is 4. The van der Waals surface area contributed by atoms with Gasteiger partial charge in [0.2, 0.25) is 0 Å². The fourth-order valence-electron chi connectivity index (χ4n) is 3.78. The van der Waals surface area contributed by atoms with Gasteiger partial charge in [0.05, 0.1) is 17.4 Å². The van der Waals surface area contributed by atoms with E-state index in [1.54, 1.807) is 12.1 Å². The van der Waals surface area contributed by atoms with E-state index in [1.807, 2.05) is 6.07 Å². The first kappa shape index (κ1) is 16.6. The maximum atomic E-state index is 12.4. The minimum atomic E-state index is -0.0584. The lowest BCUT2D eigenvalue weighted by Gasteiger charge is -2.40. The Morgan fingerprint density at radius 1 is 1.11 bits per heavy atom. The summed E-state index contributed by atoms with van der Waals surface area (Å²) in [6, 6.07) is 7.64. The molecular weight excluding hydrogens is 360 g/mol. The van der Waals surface area contributed by atoms with Gasteiger partial charge in [0, 0.05) is 31.1 Å². The summed E-state index contributed by atoms with van der Waals surface area (Å²) in [5.74, 6) is 1.35. The van der Waals surface area contributed by atoms with Crippen LogP contribution in [-0.2, 0) is 12.8 Å². The Bertz CT molecular complexity index is 997. The lowest BCUT2D eigenvalue weighted by molar-refractivity contribution is 0.0944. The first-order valence-corrected chi connectivity index (χ1v) is 10.1. The SMILES string of the molecule is O=C(NCC1CN(c2cc3c(nn2)CCCC3)C1)c1ccc2nsnc2c1. The van der Waals surface area contributed by atoms with Crippen LogP contribution in [0.4, 0.5) is 5.82 Å². The molecule has 2 aliphatic rings. The van der Waals surface area contributed by atoms with E-state index in [0.29, 0.717) is 18.0 Å². The molecule has 8 heteroatoms. The van der Waals surface area contributed by atoms with Gasteiger partial charge in [-0.05, 0) is 55.5 Å². The van der Waals surface area contributed by atoms with Crippen LogP contribution in [0, 0.1) is 5.92 Å². The number of rotatable bonds is 4. The fraction of sp³-hybridized carbons (Fsp3) is 0.421. The molecule has 0 atom stereocenters. The highest BCUT2D eigenvalue weighted by atomic mass is 32.1. The van der Waals surface area contributed by atoms with Crippen LogP contribution < -0.4 is 10.2 Å². The molecule has 0 bridgehead atoms. The van der Waals surface area contributed by atoms with E-state index in [0.717, 1.165) is 54.5 Å². The van der Waals surface area contributed by atoms with Crippen molar-refractivity contribution in [1.29, 1.82) is 0 Å². The zero-order valence-corrected chi connectivity index (χ0v) is 15.7. The predicted octanol–water partition coefficient (Wildman–Crippen LogP) is 2.23. The van der Waals surface area contributed by atoms with E-state index < -0.39 is 0 Å². The van der Waals surface area contributed by atoms with Crippen molar-refractivity contribution < 1.29 is 4.79 Å². The highest BCUT2D eigenvalue weighted by Gasteiger charge is 2.29. The smallest absolute Gasteiger partial charge is 0.251 e. The number of carbonyl (C=O) groups excluding carboxylic acids is 1. The third-order valence-electron chi connectivity index (χ3n) is 5.41. The van der Waals surface area contributed by atoms with Crippen LogP contribution in [0.25, 0.3) is 11.0 Å². The van der Waals surface area contributed by atoms with Crippen molar-refractivity contribution in [2.24, 2.45) is 5.92 Å². The molecule has 1 fully saturated rings. The fourth-order valence-corrected chi connectivity index (χ4v) is 4.30. The van der Waals surface area contributed by atoms with Crippen LogP contribution in [-0.4, -0.2) is 44.5 Å². The van der Waals surface area contributed by atoms with Gasteiger partial charge in [-0.15, -0.1) is 5.10 Å². The predicted molar refractivity (Wildman–Crippen MR) is 104 cm³/mol. The first-order valence-electron chi connectivity index (χ1n) is 9.37. The van der Waals surface area contributed by atoms with Gasteiger partial charge in [-0.25, -0.2) is 0 Å². The summed E-state index contributed by atoms with van der Waals surface area (Å²) in [5, 5.41) is 11.8. The van der Waals surface area contributed by atoms with Gasteiger partial charge >= 0.3 is 0 Å². The highest BCUT2D eigenvalue weighted by molar-refractivity contribution is 7.00. The Balaban J connectivity index is 1.15. The summed E-state index contributed by atoms with van der Waals surface area (Å²) < 4.78 is 8.35. The first-order chi connectivity index (χ1) is 13.3. The Hall–Kier alpha value is -2.61. The Labute approximate surface area is 161 Å². The van der Waals surface area contributed by atoms with Gasteiger partial charge in [0.1, 0.15) is 11.0 Å². The Morgan fingerprint density at radius 2 is 1.96 bits per heavy atom. The quantitative estimate of drug-likeness (QED) is 0.747. The Morgan fingerprint density at radius 3 is 2.89 bits per heavy atom. The largest absolute Gasteiger partial charge is 0.354 e. The van der Waals surface area contributed by atoms with E-state index in [9.17, 15) is 4.79 Å². The van der Waals surface area contributed by atoms with Gasteiger partial charge in [0.15, 0.2) is 5.82 Å². The van der Waals surface area contributed by atoms with Gasteiger partial charge < -0.3 is 10.2 Å². The van der Waals surface area contributed by atoms with Crippen molar-refractivity contribution in [1.82, 2.24) is 24.3 Å². The molecule has 2 aromatic heterocycles. The number of anilines is 1. The summed E-state index contributed by atoms with van der Waals surface area (Å²) in [7, 11) is 0. The molecule has 138 valence electrons. The number of benzene rings is 1. The van der Waals surface area contributed by atoms with Crippen LogP contribution in [0.3, 0.4) is 0 Å². The zero-order chi connectivity index (χ0) is 18.2. The number of nitrogens with one attached hydrogen (secondary N) is 1. The van der Waals surface area contributed by atoms with Gasteiger partial charge in [0.25, 0.3) is 5.91 Å². The zero-order valence-electron chi connectivity index (χ0n) is 14.9. The molecule has 1 aliphatic heterocycles. The number of aryl methyl sites for hydroxylation is 2. The molecule has 5 rings (SSSR count). The molecule has 1 saturated heterocycles. The van der Waals surface area contributed by atoms with Gasteiger partial charge in [-0.1, -0.05) is 0 Å². The summed E-state index contributed by atoms with van der Waals surface area (Å²) >= 11 is 1.16. The van der Waals surface area contributed by atoms with Gasteiger partial charge in [-0.3, -0.25) is 4.79 Å². The number of carbonyl (C=O) groups is 1. The minimum absolute atomic E-state index is 0.0584. The second kappa shape index (κ2) is 6.84. The second-order valence-electron chi connectivity index (χ2n) is 7.33. The van der Waals surface area contributed by atoms with E-state index in [-0.39, 0.29) is 5.91 Å². The average molecular weight is 380 g/mol. The lowest BCUT2D eigenvalue weighted by Crippen LogP contribution is -2.52. The number of hydrogen-bond acceptors (Lipinski definition) is 7. The molecule has 3 heterocycles. The van der Waals surface area contributed by atoms with Crippen LogP contribution in [0.5, 0.6) is 0 Å². The van der Waals surface area contributed by atoms with Crippen molar-refractivity contribution in [2.45, 2.75) is 25.7 Å². The van der Waals surface area contributed by atoms with E-state index in [4.69, 9.17) is 0 Å². The van der Waals surface area contributed by atoms with Crippen molar-refractivity contribution in [3.05, 3.63) is 41.1 Å². The van der Waals surface area contributed by atoms with Crippen LogP contribution >= 0.6 is 11.7 Å². The number of nitrogens with zero attached hydrogens (tertiary/aromatic N) is 5. The number of fused-ring (bicyclic) bond motifs is 2. The molecule has 1 aromatic carbocycles. The van der Waals surface area contributed by atoms with E-state index in [2.05, 4.69) is 35.2 Å². The number of hydrogen-bond donors (Lipinski definition) is 1. The molecule has 7 nitrogen and oxygen atoms in total. The van der Waals surface area contributed by atoms with Crippen molar-refractivity contribution in [3.63, 3.8) is 0 Å². The standard InChI is InChI=1S/C19H20N6OS/c26-19(14-5-6-16-17(7-14)24-27-23-16)20-9-12-10-25(11-12)18-8-13-3-1-2-4-15(13)21-22-18/h5-8,12H,1-4,9-11H2,(H,20,26). The van der Waals surface area contributed by atoms with Crippen molar-refractivity contribution >= 4 is 34.5 Å². The van der Waals surface area contributed by atoms with Gasteiger partial charge in [-0.2, -0.15) is 13.8 Å². The van der Waals surface area contributed by atoms with Crippen LogP contribution in [0.2, 0.25) is 0 Å². The number of amides is 1. The Kier molecular flexibility index (Phi) is 4.20. The third-order valence-corrected chi connectivity index (χ3v) is 5.96. The third kappa shape index (κ3) is 3.25. The average Bonchev–Trinajstić information content (AvgIpc) is 3.14. The topological polar surface area (TPSA) is 83.9 Å². The summed E-state index contributed by atoms with van der Waals surface area (Å²) in [5.41, 5.74) is 4.76. The van der Waals surface area contributed by atoms with Crippen molar-refractivity contribution in [3.8, 4) is 0 Å². The van der Waals surface area contributed by atoms with Crippen molar-refractivity contribution in [2.75, 3.05) is 24.5 Å². The summed E-state index contributed by atoms with van der Waals surface area (Å²) in [4.78, 5) is 14.6. The van der Waals surface area contributed by atoms with E-state index in [1.165, 1.54) is 24.1 Å². The molecule has 0 radical (unpaired) electrons. The normalized spacial score (nSPS) is 16.8. The molecule has 0 unspecified atom stereocenters. The molecule has 27 heavy (non-hydrogen) atoms. The summed E-state index contributed by atoms with van der Waals surface area (Å²) in [6.07, 6.45) is 4.64. The van der Waals surface area contributed by atoms with Crippen LogP contribution in [0.1, 0.15) is 34.5 Å². The molecular formula is C19H20N6OS. The summed E-state index contributed by atoms with van der Waals surface area (Å²) in [6.45, 7) is 2.48. The lowest BCUT2D eigenvalue weighted by atomic mass is 9.95. The molecule has 1 amide bonds. The minimum Gasteiger partial charge on any atom is -0.354 e. The maximum absolute atomic E-state index is 12.4. The monoisotopic (exact) mass is 380 g/mol. The molecule has 1 aliphatic carbocycles. The maximum Gasteiger partial charge on any atom is 0.251 e. The molecule has 0 saturated carbocycles. The molecule has 3 aromatic rings. The second-order valence-corrected chi connectivity index (χ2v) is 7.86.